The number of ether oxygens (including phenoxy) is 1. The van der Waals surface area contributed by atoms with Gasteiger partial charge in [-0.3, -0.25) is 4.79 Å². The first kappa shape index (κ1) is 26.3. The zero-order valence-corrected chi connectivity index (χ0v) is 21.6. The fourth-order valence-corrected chi connectivity index (χ4v) is 4.32. The number of anilines is 1. The van der Waals surface area contributed by atoms with Gasteiger partial charge >= 0.3 is 0 Å². The van der Waals surface area contributed by atoms with Gasteiger partial charge in [-0.15, -0.1) is 0 Å². The van der Waals surface area contributed by atoms with E-state index in [0.717, 1.165) is 11.1 Å². The third-order valence-electron chi connectivity index (χ3n) is 5.68. The minimum absolute atomic E-state index is 0.152. The molecule has 36 heavy (non-hydrogen) atoms. The van der Waals surface area contributed by atoms with E-state index < -0.39 is 11.6 Å². The predicted molar refractivity (Wildman–Crippen MR) is 142 cm³/mol. The number of hydrogen-bond acceptors (Lipinski definition) is 4. The van der Waals surface area contributed by atoms with Gasteiger partial charge in [0.1, 0.15) is 17.4 Å². The molecule has 188 valence electrons. The fourth-order valence-electron chi connectivity index (χ4n) is 3.72. The second-order valence-corrected chi connectivity index (χ2v) is 9.67. The van der Waals surface area contributed by atoms with E-state index in [4.69, 9.17) is 39.5 Å². The highest BCUT2D eigenvalue weighted by Crippen LogP contribution is 2.32. The summed E-state index contributed by atoms with van der Waals surface area (Å²) in [5, 5.41) is 4.07. The van der Waals surface area contributed by atoms with Gasteiger partial charge in [-0.05, 0) is 59.7 Å². The molecular formula is C27H25Cl3FN3O2. The average molecular weight is 549 g/mol. The van der Waals surface area contributed by atoms with Crippen LogP contribution in [0.1, 0.15) is 23.7 Å². The third-order valence-corrected chi connectivity index (χ3v) is 6.66. The molecule has 0 fully saturated rings. The van der Waals surface area contributed by atoms with E-state index in [9.17, 15) is 9.18 Å². The quantitative estimate of drug-likeness (QED) is 0.218. The first-order valence-electron chi connectivity index (χ1n) is 11.4. The molecule has 1 heterocycles. The second-order valence-electron chi connectivity index (χ2n) is 8.35. The van der Waals surface area contributed by atoms with Crippen LogP contribution in [-0.4, -0.2) is 34.4 Å². The number of rotatable bonds is 10. The summed E-state index contributed by atoms with van der Waals surface area (Å²) in [5.41, 5.74) is 1.93. The van der Waals surface area contributed by atoms with Crippen molar-refractivity contribution in [1.29, 1.82) is 0 Å². The maximum Gasteiger partial charge on any atom is 0.226 e. The van der Waals surface area contributed by atoms with Crippen LogP contribution in [0.15, 0.2) is 85.2 Å². The summed E-state index contributed by atoms with van der Waals surface area (Å²) in [4.78, 5) is 16.3. The molecule has 5 nitrogen and oxygen atoms in total. The van der Waals surface area contributed by atoms with E-state index >= 15 is 0 Å². The van der Waals surface area contributed by atoms with Crippen LogP contribution in [0.4, 0.5) is 10.1 Å². The smallest absolute Gasteiger partial charge is 0.226 e. The van der Waals surface area contributed by atoms with Crippen LogP contribution in [0.2, 0.25) is 10.0 Å². The molecule has 0 aliphatic carbocycles. The molecule has 3 aromatic carbocycles. The van der Waals surface area contributed by atoms with E-state index in [2.05, 4.69) is 5.32 Å². The summed E-state index contributed by atoms with van der Waals surface area (Å²) in [7, 11) is 0. The van der Waals surface area contributed by atoms with Crippen molar-refractivity contribution in [3.63, 3.8) is 0 Å². The van der Waals surface area contributed by atoms with Crippen molar-refractivity contribution < 1.29 is 13.9 Å². The van der Waals surface area contributed by atoms with Crippen molar-refractivity contribution in [2.75, 3.05) is 18.5 Å². The Labute approximate surface area is 225 Å². The van der Waals surface area contributed by atoms with Crippen LogP contribution in [0.25, 0.3) is 0 Å². The number of carbonyl (C=O) groups is 1. The summed E-state index contributed by atoms with van der Waals surface area (Å²) in [6.07, 6.45) is 3.63. The summed E-state index contributed by atoms with van der Waals surface area (Å²) in [6, 6.07) is 20.6. The number of benzene rings is 3. The molecule has 0 aromatic heterocycles. The molecule has 3 aromatic rings. The van der Waals surface area contributed by atoms with Gasteiger partial charge in [0.25, 0.3) is 0 Å². The highest BCUT2D eigenvalue weighted by molar-refractivity contribution is 6.30. The largest absolute Gasteiger partial charge is 0.365 e. The first-order chi connectivity index (χ1) is 17.4. The van der Waals surface area contributed by atoms with Crippen molar-refractivity contribution in [2.24, 2.45) is 0 Å². The molecule has 0 radical (unpaired) electrons. The average Bonchev–Trinajstić information content (AvgIpc) is 3.35. The maximum absolute atomic E-state index is 13.0. The summed E-state index contributed by atoms with van der Waals surface area (Å²) < 4.78 is 19.3. The molecule has 1 aliphatic rings. The fraction of sp³-hybridized carbons (Fsp3) is 0.222. The third kappa shape index (κ3) is 7.37. The van der Waals surface area contributed by atoms with Crippen molar-refractivity contribution in [2.45, 2.75) is 24.6 Å². The summed E-state index contributed by atoms with van der Waals surface area (Å²) in [6.45, 7) is 1.37. The van der Waals surface area contributed by atoms with Crippen LogP contribution in [0.5, 0.6) is 0 Å². The number of nitrogens with one attached hydrogen (secondary N) is 1. The Kier molecular flexibility index (Phi) is 9.10. The van der Waals surface area contributed by atoms with Crippen molar-refractivity contribution in [3.05, 3.63) is 112 Å². The number of carbonyl (C=O) groups excluding carboxylic acids is 1. The number of alkyl halides is 1. The lowest BCUT2D eigenvalue weighted by molar-refractivity contribution is -0.116. The van der Waals surface area contributed by atoms with Gasteiger partial charge < -0.3 is 19.9 Å². The Morgan fingerprint density at radius 1 is 0.944 bits per heavy atom. The number of amides is 1. The number of nitrogens with zero attached hydrogens (tertiary/aromatic N) is 2. The molecule has 4 rings (SSSR count). The van der Waals surface area contributed by atoms with Crippen molar-refractivity contribution in [1.82, 2.24) is 9.80 Å². The Morgan fingerprint density at radius 3 is 2.25 bits per heavy atom. The van der Waals surface area contributed by atoms with Gasteiger partial charge in [-0.1, -0.05) is 59.1 Å². The topological polar surface area (TPSA) is 44.8 Å². The van der Waals surface area contributed by atoms with Crippen LogP contribution in [-0.2, 0) is 16.1 Å². The molecule has 1 amide bonds. The van der Waals surface area contributed by atoms with E-state index in [-0.39, 0.29) is 18.1 Å². The van der Waals surface area contributed by atoms with Crippen molar-refractivity contribution >= 4 is 46.4 Å². The molecule has 0 saturated carbocycles. The molecular weight excluding hydrogens is 524 g/mol. The highest BCUT2D eigenvalue weighted by atomic mass is 35.5. The van der Waals surface area contributed by atoms with Gasteiger partial charge in [0.05, 0.1) is 13.3 Å². The zero-order chi connectivity index (χ0) is 25.5. The van der Waals surface area contributed by atoms with Gasteiger partial charge in [-0.25, -0.2) is 4.39 Å². The van der Waals surface area contributed by atoms with Crippen LogP contribution >= 0.6 is 34.8 Å². The predicted octanol–water partition coefficient (Wildman–Crippen LogP) is 7.03. The van der Waals surface area contributed by atoms with E-state index in [0.29, 0.717) is 35.6 Å². The van der Waals surface area contributed by atoms with Crippen molar-refractivity contribution in [3.8, 4) is 0 Å². The molecule has 2 atom stereocenters. The Morgan fingerprint density at radius 2 is 1.58 bits per heavy atom. The minimum Gasteiger partial charge on any atom is -0.365 e. The molecule has 0 saturated heterocycles. The Balaban J connectivity index is 1.34. The summed E-state index contributed by atoms with van der Waals surface area (Å²) in [5.74, 6) is -0.499. The normalized spacial score (nSPS) is 14.7. The lowest BCUT2D eigenvalue weighted by Gasteiger charge is -2.31. The molecule has 9 heteroatoms. The van der Waals surface area contributed by atoms with Crippen LogP contribution in [0.3, 0.4) is 0 Å². The number of halogens is 4. The van der Waals surface area contributed by atoms with Gasteiger partial charge in [0.2, 0.25) is 5.91 Å². The lowest BCUT2D eigenvalue weighted by atomic mass is 10.1. The minimum atomic E-state index is -0.507. The van der Waals surface area contributed by atoms with Crippen LogP contribution < -0.4 is 5.32 Å². The summed E-state index contributed by atoms with van der Waals surface area (Å²) >= 11 is 19.0. The Bertz CT molecular complexity index is 1170. The SMILES string of the molecule is O=C(CCN1C=CN(C(Cl)C(OCc2ccc(Cl)cc2)c2ccc(Cl)cc2)C1)Nc1ccc(F)cc1. The van der Waals surface area contributed by atoms with Gasteiger partial charge in [0, 0.05) is 41.1 Å². The zero-order valence-electron chi connectivity index (χ0n) is 19.3. The molecule has 1 aliphatic heterocycles. The second kappa shape index (κ2) is 12.5. The highest BCUT2D eigenvalue weighted by Gasteiger charge is 2.29. The van der Waals surface area contributed by atoms with Gasteiger partial charge in [0.15, 0.2) is 0 Å². The molecule has 0 spiro atoms. The molecule has 2 unspecified atom stereocenters. The monoisotopic (exact) mass is 547 g/mol. The van der Waals surface area contributed by atoms with E-state index in [1.165, 1.54) is 24.3 Å². The van der Waals surface area contributed by atoms with Gasteiger partial charge in [-0.2, -0.15) is 0 Å². The first-order valence-corrected chi connectivity index (χ1v) is 12.6. The molecule has 1 N–H and O–H groups in total. The Hall–Kier alpha value is -2.77. The lowest BCUT2D eigenvalue weighted by Crippen LogP contribution is -2.36. The van der Waals surface area contributed by atoms with Crippen LogP contribution in [0, 0.1) is 5.82 Å². The van der Waals surface area contributed by atoms with E-state index in [1.807, 2.05) is 70.7 Å². The standard InChI is InChI=1S/C27H25Cl3FN3O2/c28-21-5-1-19(2-6-21)17-36-26(20-3-7-22(29)8-4-20)27(30)34-16-15-33(18-34)14-13-25(35)32-24-11-9-23(31)10-12-24/h1-12,15-16,26-27H,13-14,17-18H2,(H,32,35). The maximum atomic E-state index is 13.0. The van der Waals surface area contributed by atoms with E-state index in [1.54, 1.807) is 0 Å². The molecule has 0 bridgehead atoms. The number of hydrogen-bond donors (Lipinski definition) is 1.